The summed E-state index contributed by atoms with van der Waals surface area (Å²) in [4.78, 5) is 28.9. The van der Waals surface area contributed by atoms with Gasteiger partial charge in [0.05, 0.1) is 44.1 Å². The van der Waals surface area contributed by atoms with E-state index in [1.54, 1.807) is 0 Å². The first-order chi connectivity index (χ1) is 52.8. The summed E-state index contributed by atoms with van der Waals surface area (Å²) in [6, 6.07) is 25.9. The van der Waals surface area contributed by atoms with Crippen LogP contribution in [0.15, 0.2) is 121 Å². The lowest BCUT2D eigenvalue weighted by Crippen LogP contribution is -2.65. The molecule has 12 N–H and O–H groups in total. The Hall–Kier alpha value is -6.03. The van der Waals surface area contributed by atoms with Crippen molar-refractivity contribution >= 4 is 50.4 Å². The Labute approximate surface area is 637 Å². The number of nitrogens with zero attached hydrogens (tertiary/aromatic N) is 2. The van der Waals surface area contributed by atoms with E-state index >= 15 is 0 Å². The molecular formula is C83H115N4O22+. The van der Waals surface area contributed by atoms with Crippen LogP contribution in [0.25, 0.3) is 21.5 Å². The summed E-state index contributed by atoms with van der Waals surface area (Å²) in [6.45, 7) is 9.86. The summed E-state index contributed by atoms with van der Waals surface area (Å²) in [7, 11) is 0. The Kier molecular flexibility index (Phi) is 28.9. The van der Waals surface area contributed by atoms with Crippen molar-refractivity contribution in [3.05, 3.63) is 132 Å². The molecule has 26 nitrogen and oxygen atoms in total. The molecule has 20 atom stereocenters. The average molecular weight is 1520 g/mol. The molecule has 109 heavy (non-hydrogen) atoms. The molecule has 12 fully saturated rings. The van der Waals surface area contributed by atoms with E-state index in [9.17, 15) is 60.7 Å². The Morgan fingerprint density at radius 3 is 1.70 bits per heavy atom. The SMILES string of the molecule is CC1(C)C(/C=C/C=C/C=C/C=C2/N(CCCCCC(=O)NCCCO[C@H]3[C@H]4CCCO[C@H]5[C@H](O)[C@@H](O)[C@@H](OC([C@@H](CO)O4)[C@@H]3O)O[C@@H]5CO)c3ccc4ccccc4c3C2(C)C)=[N+](CCCCCC(=O)NCCCO[C@H]2[C@H]3OC4[C@@H](CO)O[C@H](CCCO[C@@H]([C@@H]2O)[C@@H](CO)O3)[C@H](O)[C@H]4O)c2ccc3ccccc3c21. The maximum Gasteiger partial charge on any atom is 0.219 e. The fraction of sp³-hybridized carbons (Fsp3) is 0.627. The van der Waals surface area contributed by atoms with Crippen molar-refractivity contribution in [3.63, 3.8) is 0 Å². The van der Waals surface area contributed by atoms with Crippen molar-refractivity contribution in [2.24, 2.45) is 0 Å². The second-order valence-corrected chi connectivity index (χ2v) is 31.0. The van der Waals surface area contributed by atoms with Gasteiger partial charge in [-0.15, -0.1) is 0 Å². The van der Waals surface area contributed by atoms with Crippen LogP contribution in [0.5, 0.6) is 0 Å². The lowest BCUT2D eigenvalue weighted by Gasteiger charge is -2.47. The monoisotopic (exact) mass is 1520 g/mol. The van der Waals surface area contributed by atoms with Crippen molar-refractivity contribution in [3.8, 4) is 0 Å². The molecule has 0 aromatic heterocycles. The summed E-state index contributed by atoms with van der Waals surface area (Å²) in [5.74, 6) is -0.151. The van der Waals surface area contributed by atoms with Gasteiger partial charge in [0, 0.05) is 99.8 Å². The maximum atomic E-state index is 13.2. The molecule has 14 aliphatic rings. The first-order valence-corrected chi connectivity index (χ1v) is 39.4. The van der Waals surface area contributed by atoms with Gasteiger partial charge in [0.2, 0.25) is 17.5 Å². The fourth-order valence-electron chi connectivity index (χ4n) is 17.3. The van der Waals surface area contributed by atoms with Crippen LogP contribution in [0.2, 0.25) is 0 Å². The molecule has 2 unspecified atom stereocenters. The number of unbranched alkanes of at least 4 members (excludes halogenated alkanes) is 4. The molecule has 0 radical (unpaired) electrons. The molecule has 14 heterocycles. The molecule has 4 aromatic carbocycles. The van der Waals surface area contributed by atoms with Crippen LogP contribution in [0, 0.1) is 0 Å². The average Bonchev–Trinajstić information content (AvgIpc) is 1.58. The van der Waals surface area contributed by atoms with E-state index in [4.69, 9.17) is 47.4 Å². The predicted octanol–water partition coefficient (Wildman–Crippen LogP) is 4.87. The van der Waals surface area contributed by atoms with E-state index in [1.165, 1.54) is 55.5 Å². The highest BCUT2D eigenvalue weighted by atomic mass is 16.7. The van der Waals surface area contributed by atoms with Gasteiger partial charge in [-0.3, -0.25) is 9.59 Å². The molecule has 26 heteroatoms. The van der Waals surface area contributed by atoms with Crippen molar-refractivity contribution < 1.29 is 113 Å². The number of carbonyl (C=O) groups excluding carboxylic acids is 2. The second kappa shape index (κ2) is 38.2. The number of fused-ring (bicyclic) bond motifs is 6. The zero-order valence-electron chi connectivity index (χ0n) is 63.2. The van der Waals surface area contributed by atoms with Crippen molar-refractivity contribution in [1.82, 2.24) is 10.6 Å². The van der Waals surface area contributed by atoms with Gasteiger partial charge in [-0.25, -0.2) is 0 Å². The lowest BCUT2D eigenvalue weighted by atomic mass is 9.79. The normalized spacial score (nSPS) is 32.9. The highest BCUT2D eigenvalue weighted by Crippen LogP contribution is 2.51. The second-order valence-electron chi connectivity index (χ2n) is 31.0. The van der Waals surface area contributed by atoms with Crippen molar-refractivity contribution in [2.75, 3.05) is 83.9 Å². The van der Waals surface area contributed by atoms with Gasteiger partial charge in [0.15, 0.2) is 18.3 Å². The number of aliphatic hydroxyl groups excluding tert-OH is 10. The van der Waals surface area contributed by atoms with Crippen LogP contribution < -0.4 is 15.5 Å². The molecule has 18 rings (SSSR count). The van der Waals surface area contributed by atoms with Crippen molar-refractivity contribution in [1.29, 1.82) is 0 Å². The van der Waals surface area contributed by atoms with E-state index in [1.807, 2.05) is 0 Å². The van der Waals surface area contributed by atoms with Crippen LogP contribution in [0.1, 0.15) is 129 Å². The molecular weight excluding hydrogens is 1400 g/mol. The Balaban J connectivity index is 0.618. The minimum absolute atomic E-state index is 0.0643. The van der Waals surface area contributed by atoms with Gasteiger partial charge in [-0.05, 0) is 123 Å². The minimum Gasteiger partial charge on any atom is -0.394 e. The molecule has 598 valence electrons. The number of benzene rings is 4. The zero-order valence-corrected chi connectivity index (χ0v) is 63.2. The summed E-state index contributed by atoms with van der Waals surface area (Å²) in [5.41, 5.74) is 6.67. The van der Waals surface area contributed by atoms with Crippen LogP contribution in [-0.2, 0) is 67.8 Å². The summed E-state index contributed by atoms with van der Waals surface area (Å²) in [5, 5.41) is 119. The Bertz CT molecular complexity index is 3820. The molecule has 2 amide bonds. The molecule has 0 saturated carbocycles. The van der Waals surface area contributed by atoms with Crippen LogP contribution in [-0.4, -0.2) is 275 Å². The quantitative estimate of drug-likeness (QED) is 0.0188. The minimum atomic E-state index is -1.57. The van der Waals surface area contributed by atoms with Crippen LogP contribution in [0.3, 0.4) is 0 Å². The largest absolute Gasteiger partial charge is 0.394 e. The van der Waals surface area contributed by atoms with Gasteiger partial charge >= 0.3 is 0 Å². The topological polar surface area (TPSA) is 359 Å². The molecule has 0 spiro atoms. The van der Waals surface area contributed by atoms with Crippen LogP contribution in [0.4, 0.5) is 11.4 Å². The molecule has 14 aliphatic heterocycles. The number of aliphatic hydroxyl groups is 10. The van der Waals surface area contributed by atoms with E-state index in [2.05, 4.69) is 163 Å². The van der Waals surface area contributed by atoms with E-state index in [0.717, 1.165) is 38.8 Å². The van der Waals surface area contributed by atoms with E-state index in [0.29, 0.717) is 77.3 Å². The maximum absolute atomic E-state index is 13.2. The number of hydrogen-bond acceptors (Lipinski definition) is 23. The van der Waals surface area contributed by atoms with Gasteiger partial charge in [-0.1, -0.05) is 105 Å². The fourth-order valence-corrected chi connectivity index (χ4v) is 17.3. The standard InChI is InChI=1S/C83H114N4O22/c1-82(2)62(86(54-36-34-50-24-14-16-26-52(50)66(54)82)40-18-8-12-32-64(92)84-38-22-44-102-74-57-29-21-43-100-75-58(46-88)106-80(71(97)70(75)96)108-78(72(74)98)61(49-91)105-57)30-10-6-5-7-11-31-63-83(3,4)67-53-27-17-15-25-51(53)35-37-55(67)87(63)41-19-9-13-33-65(93)85-39-23-45-103-79-73(99)76-59(47-89)107-81(79)109-77-60(48-90)104-56(28-20-42-101-76)68(94)69(77)95/h5-7,10-11,14-17,24-27,30-31,34-37,56-61,68-81,88-91,94-99H,8-9,12-13,18-23,28-29,32-33,38-49H2,1-4H3,(H-,84,85,92,93)/p+1/t56-,57-,58-,59-,60-,61-,68+,69-,70-,71-,72-,73+,74+,75-,76-,77?,78?,79-,80-,81-/m1/s1. The number of amides is 2. The number of ether oxygens (including phenoxy) is 10. The molecule has 8 bridgehead atoms. The number of hydrogen-bond donors (Lipinski definition) is 12. The first kappa shape index (κ1) is 82.4. The highest BCUT2D eigenvalue weighted by Gasteiger charge is 2.55. The molecule has 12 saturated heterocycles. The third-order valence-corrected chi connectivity index (χ3v) is 22.9. The van der Waals surface area contributed by atoms with Crippen molar-refractivity contribution in [2.45, 2.75) is 251 Å². The Morgan fingerprint density at radius 2 is 1.04 bits per heavy atom. The first-order valence-electron chi connectivity index (χ1n) is 39.4. The predicted molar refractivity (Wildman–Crippen MR) is 405 cm³/mol. The number of rotatable bonds is 30. The smallest absolute Gasteiger partial charge is 0.219 e. The Morgan fingerprint density at radius 1 is 0.514 bits per heavy atom. The third-order valence-electron chi connectivity index (χ3n) is 22.9. The van der Waals surface area contributed by atoms with E-state index < -0.39 is 149 Å². The number of nitrogens with one attached hydrogen (secondary N) is 2. The lowest BCUT2D eigenvalue weighted by molar-refractivity contribution is -0.438. The summed E-state index contributed by atoms with van der Waals surface area (Å²) < 4.78 is 62.8. The van der Waals surface area contributed by atoms with Gasteiger partial charge in [0.1, 0.15) is 104 Å². The number of carbonyl (C=O) groups is 2. The number of allylic oxidation sites excluding steroid dienone is 8. The van der Waals surface area contributed by atoms with Gasteiger partial charge < -0.3 is 114 Å². The molecule has 0 aliphatic carbocycles. The zero-order chi connectivity index (χ0) is 76.9. The van der Waals surface area contributed by atoms with Gasteiger partial charge in [0.25, 0.3) is 0 Å². The number of anilines is 1. The summed E-state index contributed by atoms with van der Waals surface area (Å²) in [6.07, 6.45) is -0.274. The summed E-state index contributed by atoms with van der Waals surface area (Å²) >= 11 is 0. The molecule has 4 aromatic rings. The highest BCUT2D eigenvalue weighted by molar-refractivity contribution is 6.07. The third kappa shape index (κ3) is 18.6. The van der Waals surface area contributed by atoms with Crippen LogP contribution >= 0.6 is 0 Å². The van der Waals surface area contributed by atoms with Gasteiger partial charge in [-0.2, -0.15) is 4.58 Å². The van der Waals surface area contributed by atoms with E-state index in [-0.39, 0.29) is 49.1 Å².